The highest BCUT2D eigenvalue weighted by molar-refractivity contribution is 7.89. The molecule has 32 heavy (non-hydrogen) atoms. The van der Waals surface area contributed by atoms with Gasteiger partial charge >= 0.3 is 6.09 Å². The average molecular weight is 461 g/mol. The molecular formula is C24H32N2O5S. The highest BCUT2D eigenvalue weighted by Gasteiger charge is 2.50. The van der Waals surface area contributed by atoms with Crippen molar-refractivity contribution in [1.29, 1.82) is 0 Å². The average Bonchev–Trinajstić information content (AvgIpc) is 2.82. The minimum Gasteiger partial charge on any atom is -0.463 e. The predicted octanol–water partition coefficient (Wildman–Crippen LogP) is 4.98. The van der Waals surface area contributed by atoms with Gasteiger partial charge in [0.2, 0.25) is 10.0 Å². The Labute approximate surface area is 190 Å². The zero-order chi connectivity index (χ0) is 23.2. The smallest absolute Gasteiger partial charge is 0.433 e. The maximum absolute atomic E-state index is 13.9. The lowest BCUT2D eigenvalue weighted by atomic mass is 9.88. The van der Waals surface area contributed by atoms with E-state index in [2.05, 4.69) is 0 Å². The molecule has 0 spiro atoms. The largest absolute Gasteiger partial charge is 0.463 e. The van der Waals surface area contributed by atoms with E-state index in [9.17, 15) is 23.5 Å². The van der Waals surface area contributed by atoms with Crippen molar-refractivity contribution in [2.24, 2.45) is 5.92 Å². The summed E-state index contributed by atoms with van der Waals surface area (Å²) in [7, 11) is -4.10. The fraction of sp³-hybridized carbons (Fsp3) is 0.458. The Kier molecular flexibility index (Phi) is 7.92. The minimum absolute atomic E-state index is 0.0337. The predicted molar refractivity (Wildman–Crippen MR) is 122 cm³/mol. The van der Waals surface area contributed by atoms with Crippen LogP contribution in [-0.4, -0.2) is 46.4 Å². The molecule has 0 heterocycles. The van der Waals surface area contributed by atoms with Crippen LogP contribution in [0.2, 0.25) is 0 Å². The van der Waals surface area contributed by atoms with E-state index in [0.29, 0.717) is 0 Å². The maximum Gasteiger partial charge on any atom is 0.433 e. The number of sulfonamides is 1. The number of carboxylic acid groups (broad SMARTS) is 1. The zero-order valence-corrected chi connectivity index (χ0v) is 19.2. The first-order valence-electron chi connectivity index (χ1n) is 11.1. The molecule has 1 atom stereocenters. The van der Waals surface area contributed by atoms with Gasteiger partial charge in [0.15, 0.2) is 0 Å². The number of hydrogen-bond acceptors (Lipinski definition) is 4. The molecule has 0 radical (unpaired) electrons. The van der Waals surface area contributed by atoms with Crippen LogP contribution in [0, 0.1) is 5.92 Å². The number of hydroxylamine groups is 2. The van der Waals surface area contributed by atoms with E-state index in [-0.39, 0.29) is 35.3 Å². The topological polar surface area (TPSA) is 98.1 Å². The van der Waals surface area contributed by atoms with Crippen molar-refractivity contribution in [3.63, 3.8) is 0 Å². The van der Waals surface area contributed by atoms with Crippen molar-refractivity contribution in [1.82, 2.24) is 9.37 Å². The summed E-state index contributed by atoms with van der Waals surface area (Å²) in [6.07, 6.45) is 3.45. The standard InChI is InChI=1S/C24H32N2O5S/c1-2-24(26(29)23(27)28,18-20-12-6-3-7-13-20)25(19-21-14-8-4-9-15-21)32(30,31)22-16-10-5-11-17-22/h3,5-7,10-13,16-17,21,29H,2,4,8-9,14-15,18-19H2,1H3,(H,27,28). The fourth-order valence-corrected chi connectivity index (χ4v) is 6.52. The Morgan fingerprint density at radius 3 is 2.09 bits per heavy atom. The van der Waals surface area contributed by atoms with E-state index in [0.717, 1.165) is 37.7 Å². The second kappa shape index (κ2) is 10.5. The van der Waals surface area contributed by atoms with Crippen molar-refractivity contribution in [2.45, 2.75) is 62.4 Å². The summed E-state index contributed by atoms with van der Waals surface area (Å²) in [5.74, 6) is 0.103. The van der Waals surface area contributed by atoms with Crippen LogP contribution in [-0.2, 0) is 16.4 Å². The lowest BCUT2D eigenvalue weighted by Crippen LogP contribution is -2.64. The third kappa shape index (κ3) is 5.14. The molecule has 1 aliphatic rings. The van der Waals surface area contributed by atoms with E-state index in [4.69, 9.17) is 0 Å². The van der Waals surface area contributed by atoms with Gasteiger partial charge in [0.05, 0.1) is 4.90 Å². The van der Waals surface area contributed by atoms with E-state index in [1.807, 2.05) is 30.3 Å². The third-order valence-electron chi connectivity index (χ3n) is 6.42. The molecule has 0 aromatic heterocycles. The van der Waals surface area contributed by atoms with Crippen LogP contribution in [0.25, 0.3) is 0 Å². The zero-order valence-electron chi connectivity index (χ0n) is 18.4. The van der Waals surface area contributed by atoms with Crippen molar-refractivity contribution in [2.75, 3.05) is 6.54 Å². The van der Waals surface area contributed by atoms with Crippen LogP contribution < -0.4 is 0 Å². The molecule has 174 valence electrons. The lowest BCUT2D eigenvalue weighted by Gasteiger charge is -2.47. The summed E-state index contributed by atoms with van der Waals surface area (Å²) in [5, 5.41) is 20.8. The Morgan fingerprint density at radius 2 is 1.56 bits per heavy atom. The normalized spacial score (nSPS) is 17.1. The summed E-state index contributed by atoms with van der Waals surface area (Å²) in [4.78, 5) is 12.1. The van der Waals surface area contributed by atoms with E-state index in [1.165, 1.54) is 16.4 Å². The second-order valence-electron chi connectivity index (χ2n) is 8.45. The van der Waals surface area contributed by atoms with E-state index >= 15 is 0 Å². The summed E-state index contributed by atoms with van der Waals surface area (Å²) in [6.45, 7) is 1.87. The first-order chi connectivity index (χ1) is 15.3. The van der Waals surface area contributed by atoms with Gasteiger partial charge in [-0.05, 0) is 42.9 Å². The molecule has 2 N–H and O–H groups in total. The molecule has 0 saturated heterocycles. The molecule has 8 heteroatoms. The maximum atomic E-state index is 13.9. The SMILES string of the molecule is CCC(Cc1ccccc1)(N(O)C(=O)O)N(CC1CCCCC1)S(=O)(=O)c1ccccc1. The quantitative estimate of drug-likeness (QED) is 0.313. The molecule has 1 aliphatic carbocycles. The molecule has 0 aliphatic heterocycles. The molecule has 1 amide bonds. The molecular weight excluding hydrogens is 428 g/mol. The van der Waals surface area contributed by atoms with Gasteiger partial charge in [0.25, 0.3) is 0 Å². The van der Waals surface area contributed by atoms with Crippen molar-refractivity contribution in [3.05, 3.63) is 66.2 Å². The monoisotopic (exact) mass is 460 g/mol. The van der Waals surface area contributed by atoms with Crippen LogP contribution in [0.3, 0.4) is 0 Å². The summed E-state index contributed by atoms with van der Waals surface area (Å²) >= 11 is 0. The summed E-state index contributed by atoms with van der Waals surface area (Å²) in [5.41, 5.74) is -0.939. The molecule has 2 aromatic rings. The molecule has 7 nitrogen and oxygen atoms in total. The fourth-order valence-electron chi connectivity index (χ4n) is 4.64. The van der Waals surface area contributed by atoms with Crippen LogP contribution in [0.15, 0.2) is 65.6 Å². The highest BCUT2D eigenvalue weighted by atomic mass is 32.2. The Hall–Kier alpha value is -2.42. The van der Waals surface area contributed by atoms with Crippen LogP contribution in [0.1, 0.15) is 51.0 Å². The first kappa shape index (κ1) is 24.2. The third-order valence-corrected chi connectivity index (χ3v) is 8.35. The van der Waals surface area contributed by atoms with Crippen molar-refractivity contribution in [3.8, 4) is 0 Å². The number of nitrogens with zero attached hydrogens (tertiary/aromatic N) is 2. The number of carbonyl (C=O) groups is 1. The molecule has 2 aromatic carbocycles. The van der Waals surface area contributed by atoms with Crippen molar-refractivity contribution >= 4 is 16.1 Å². The Bertz CT molecular complexity index is 978. The van der Waals surface area contributed by atoms with Crippen molar-refractivity contribution < 1.29 is 23.5 Å². The summed E-state index contributed by atoms with van der Waals surface area (Å²) in [6, 6.07) is 17.1. The van der Waals surface area contributed by atoms with Gasteiger partial charge in [0.1, 0.15) is 5.66 Å². The van der Waals surface area contributed by atoms with Gasteiger partial charge in [-0.15, -0.1) is 0 Å². The van der Waals surface area contributed by atoms with Gasteiger partial charge in [-0.25, -0.2) is 13.2 Å². The molecule has 0 bridgehead atoms. The first-order valence-corrected chi connectivity index (χ1v) is 12.6. The van der Waals surface area contributed by atoms with E-state index < -0.39 is 21.8 Å². The minimum atomic E-state index is -4.10. The number of amides is 1. The molecule has 1 fully saturated rings. The lowest BCUT2D eigenvalue weighted by molar-refractivity contribution is -0.184. The Balaban J connectivity index is 2.16. The second-order valence-corrected chi connectivity index (χ2v) is 10.3. The molecule has 3 rings (SSSR count). The summed E-state index contributed by atoms with van der Waals surface area (Å²) < 4.78 is 29.1. The number of hydrogen-bond donors (Lipinski definition) is 2. The number of benzene rings is 2. The van der Waals surface area contributed by atoms with Gasteiger partial charge in [0, 0.05) is 13.0 Å². The van der Waals surface area contributed by atoms with Crippen LogP contribution >= 0.6 is 0 Å². The van der Waals surface area contributed by atoms with Crippen LogP contribution in [0.4, 0.5) is 4.79 Å². The van der Waals surface area contributed by atoms with Gasteiger partial charge < -0.3 is 5.11 Å². The van der Waals surface area contributed by atoms with Gasteiger partial charge in [-0.3, -0.25) is 5.21 Å². The molecule has 1 saturated carbocycles. The van der Waals surface area contributed by atoms with E-state index in [1.54, 1.807) is 25.1 Å². The van der Waals surface area contributed by atoms with Gasteiger partial charge in [-0.1, -0.05) is 74.7 Å². The molecule has 1 unspecified atom stereocenters. The highest BCUT2D eigenvalue weighted by Crippen LogP contribution is 2.36. The number of rotatable bonds is 9. The Morgan fingerprint density at radius 1 is 1.00 bits per heavy atom. The van der Waals surface area contributed by atoms with Gasteiger partial charge in [-0.2, -0.15) is 9.37 Å². The van der Waals surface area contributed by atoms with Crippen LogP contribution in [0.5, 0.6) is 0 Å².